The van der Waals surface area contributed by atoms with E-state index in [2.05, 4.69) is 52.3 Å². The summed E-state index contributed by atoms with van der Waals surface area (Å²) in [5, 5.41) is 0. The lowest BCUT2D eigenvalue weighted by Crippen LogP contribution is -2.20. The summed E-state index contributed by atoms with van der Waals surface area (Å²) in [6.07, 6.45) is 5.35. The number of nitrogens with zero attached hydrogens (tertiary/aromatic N) is 2. The van der Waals surface area contributed by atoms with Gasteiger partial charge in [0.25, 0.3) is 0 Å². The Kier molecular flexibility index (Phi) is 3.78. The van der Waals surface area contributed by atoms with Gasteiger partial charge in [0.1, 0.15) is 5.82 Å². The third-order valence-corrected chi connectivity index (χ3v) is 5.17. The molecule has 102 valence electrons. The summed E-state index contributed by atoms with van der Waals surface area (Å²) in [6, 6.07) is 6.47. The first-order chi connectivity index (χ1) is 9.11. The fraction of sp³-hybridized carbons (Fsp3) is 0.533. The van der Waals surface area contributed by atoms with Crippen molar-refractivity contribution in [1.29, 1.82) is 0 Å². The summed E-state index contributed by atoms with van der Waals surface area (Å²) in [7, 11) is 0. The SMILES string of the molecule is CC1(Cn2c(CCl)nc3cc(I)ccc32)CCCC1. The molecule has 1 aliphatic carbocycles. The fourth-order valence-corrected chi connectivity index (χ4v) is 3.88. The molecule has 0 bridgehead atoms. The van der Waals surface area contributed by atoms with Crippen molar-refractivity contribution in [3.8, 4) is 0 Å². The summed E-state index contributed by atoms with van der Waals surface area (Å²) in [5.41, 5.74) is 2.71. The van der Waals surface area contributed by atoms with Gasteiger partial charge in [-0.15, -0.1) is 11.6 Å². The molecule has 1 saturated carbocycles. The number of fused-ring (bicyclic) bond motifs is 1. The van der Waals surface area contributed by atoms with Crippen LogP contribution in [-0.2, 0) is 12.4 Å². The highest BCUT2D eigenvalue weighted by molar-refractivity contribution is 14.1. The van der Waals surface area contributed by atoms with Gasteiger partial charge in [-0.1, -0.05) is 19.8 Å². The average molecular weight is 389 g/mol. The molecule has 0 unspecified atom stereocenters. The minimum Gasteiger partial charge on any atom is -0.326 e. The number of imidazole rings is 1. The van der Waals surface area contributed by atoms with Gasteiger partial charge >= 0.3 is 0 Å². The van der Waals surface area contributed by atoms with Gasteiger partial charge in [0.05, 0.1) is 16.9 Å². The fourth-order valence-electron chi connectivity index (χ4n) is 3.20. The Morgan fingerprint density at radius 1 is 1.37 bits per heavy atom. The van der Waals surface area contributed by atoms with Gasteiger partial charge in [-0.2, -0.15) is 0 Å². The van der Waals surface area contributed by atoms with Crippen LogP contribution in [0.3, 0.4) is 0 Å². The monoisotopic (exact) mass is 388 g/mol. The Morgan fingerprint density at radius 3 is 2.79 bits per heavy atom. The summed E-state index contributed by atoms with van der Waals surface area (Å²) in [4.78, 5) is 4.69. The minimum atomic E-state index is 0.414. The second-order valence-corrected chi connectivity index (χ2v) is 7.41. The molecule has 0 aliphatic heterocycles. The Labute approximate surface area is 132 Å². The molecule has 2 aromatic rings. The standard InChI is InChI=1S/C15H18ClIN2/c1-15(6-2-3-7-15)10-19-13-5-4-11(17)8-12(13)18-14(19)9-16/h4-5,8H,2-3,6-7,9-10H2,1H3. The zero-order valence-corrected chi connectivity index (χ0v) is 14.0. The Balaban J connectivity index is 2.05. The first kappa shape index (κ1) is 13.7. The second-order valence-electron chi connectivity index (χ2n) is 5.90. The van der Waals surface area contributed by atoms with Crippen LogP contribution in [0.25, 0.3) is 11.0 Å². The molecule has 2 nitrogen and oxygen atoms in total. The van der Waals surface area contributed by atoms with Crippen LogP contribution in [-0.4, -0.2) is 9.55 Å². The van der Waals surface area contributed by atoms with Crippen molar-refractivity contribution in [3.63, 3.8) is 0 Å². The molecule has 1 heterocycles. The maximum atomic E-state index is 6.09. The van der Waals surface area contributed by atoms with Crippen LogP contribution in [0, 0.1) is 8.99 Å². The topological polar surface area (TPSA) is 17.8 Å². The molecule has 0 atom stereocenters. The number of hydrogen-bond donors (Lipinski definition) is 0. The molecule has 1 aromatic carbocycles. The summed E-state index contributed by atoms with van der Waals surface area (Å²) in [6.45, 7) is 3.45. The third-order valence-electron chi connectivity index (χ3n) is 4.26. The molecule has 0 spiro atoms. The zero-order valence-electron chi connectivity index (χ0n) is 11.1. The van der Waals surface area contributed by atoms with Crippen molar-refractivity contribution < 1.29 is 0 Å². The molecule has 1 fully saturated rings. The van der Waals surface area contributed by atoms with E-state index in [-0.39, 0.29) is 0 Å². The highest BCUT2D eigenvalue weighted by Gasteiger charge is 2.30. The molecule has 3 rings (SSSR count). The molecular weight excluding hydrogens is 371 g/mol. The van der Waals surface area contributed by atoms with Gasteiger partial charge in [0.2, 0.25) is 0 Å². The van der Waals surface area contributed by atoms with Gasteiger partial charge in [-0.05, 0) is 59.0 Å². The maximum absolute atomic E-state index is 6.09. The number of rotatable bonds is 3. The quantitative estimate of drug-likeness (QED) is 0.537. The maximum Gasteiger partial charge on any atom is 0.124 e. The van der Waals surface area contributed by atoms with E-state index in [1.54, 1.807) is 0 Å². The van der Waals surface area contributed by atoms with Gasteiger partial charge in [0.15, 0.2) is 0 Å². The van der Waals surface area contributed by atoms with E-state index in [1.807, 2.05) is 0 Å². The summed E-state index contributed by atoms with van der Waals surface area (Å²) < 4.78 is 3.56. The normalized spacial score (nSPS) is 18.3. The first-order valence-electron chi connectivity index (χ1n) is 6.82. The molecule has 0 saturated heterocycles. The van der Waals surface area contributed by atoms with Crippen molar-refractivity contribution in [2.45, 2.75) is 45.0 Å². The predicted octanol–water partition coefficient (Wildman–Crippen LogP) is 4.96. The molecule has 0 amide bonds. The summed E-state index contributed by atoms with van der Waals surface area (Å²) in [5.74, 6) is 1.49. The minimum absolute atomic E-state index is 0.414. The van der Waals surface area contributed by atoms with E-state index in [9.17, 15) is 0 Å². The van der Waals surface area contributed by atoms with E-state index < -0.39 is 0 Å². The smallest absolute Gasteiger partial charge is 0.124 e. The molecule has 1 aliphatic rings. The lowest BCUT2D eigenvalue weighted by atomic mass is 9.89. The molecule has 19 heavy (non-hydrogen) atoms. The lowest BCUT2D eigenvalue weighted by molar-refractivity contribution is 0.282. The van der Waals surface area contributed by atoms with E-state index in [0.29, 0.717) is 11.3 Å². The van der Waals surface area contributed by atoms with Crippen molar-refractivity contribution in [3.05, 3.63) is 27.6 Å². The van der Waals surface area contributed by atoms with E-state index in [1.165, 1.54) is 34.8 Å². The van der Waals surface area contributed by atoms with Crippen molar-refractivity contribution in [2.75, 3.05) is 0 Å². The lowest BCUT2D eigenvalue weighted by Gasteiger charge is -2.25. The Morgan fingerprint density at radius 2 is 2.11 bits per heavy atom. The van der Waals surface area contributed by atoms with Crippen LogP contribution < -0.4 is 0 Å². The van der Waals surface area contributed by atoms with Crippen LogP contribution in [0.2, 0.25) is 0 Å². The van der Waals surface area contributed by atoms with E-state index >= 15 is 0 Å². The average Bonchev–Trinajstić information content (AvgIpc) is 2.94. The van der Waals surface area contributed by atoms with Gasteiger partial charge in [0, 0.05) is 10.1 Å². The molecule has 4 heteroatoms. The van der Waals surface area contributed by atoms with E-state index in [0.717, 1.165) is 17.9 Å². The Hall–Kier alpha value is -0.290. The van der Waals surface area contributed by atoms with Gasteiger partial charge in [-0.25, -0.2) is 4.98 Å². The largest absolute Gasteiger partial charge is 0.326 e. The highest BCUT2D eigenvalue weighted by atomic mass is 127. The van der Waals surface area contributed by atoms with Crippen LogP contribution in [0.15, 0.2) is 18.2 Å². The van der Waals surface area contributed by atoms with Crippen molar-refractivity contribution in [2.24, 2.45) is 5.41 Å². The number of benzene rings is 1. The number of halogens is 2. The second kappa shape index (κ2) is 5.24. The predicted molar refractivity (Wildman–Crippen MR) is 88.6 cm³/mol. The van der Waals surface area contributed by atoms with Crippen LogP contribution in [0.1, 0.15) is 38.4 Å². The number of alkyl halides is 1. The number of aromatic nitrogens is 2. The molecule has 0 radical (unpaired) electrons. The third kappa shape index (κ3) is 2.64. The van der Waals surface area contributed by atoms with E-state index in [4.69, 9.17) is 16.6 Å². The number of hydrogen-bond acceptors (Lipinski definition) is 1. The van der Waals surface area contributed by atoms with Crippen LogP contribution in [0.4, 0.5) is 0 Å². The Bertz CT molecular complexity index is 599. The molecule has 0 N–H and O–H groups in total. The van der Waals surface area contributed by atoms with Crippen LogP contribution >= 0.6 is 34.2 Å². The van der Waals surface area contributed by atoms with Gasteiger partial charge < -0.3 is 4.57 Å². The molecular formula is C15H18ClIN2. The molecule has 1 aromatic heterocycles. The first-order valence-corrected chi connectivity index (χ1v) is 8.43. The summed E-state index contributed by atoms with van der Waals surface area (Å²) >= 11 is 8.42. The highest BCUT2D eigenvalue weighted by Crippen LogP contribution is 2.40. The zero-order chi connectivity index (χ0) is 13.5. The van der Waals surface area contributed by atoms with Crippen molar-refractivity contribution >= 4 is 45.2 Å². The van der Waals surface area contributed by atoms with Crippen molar-refractivity contribution in [1.82, 2.24) is 9.55 Å². The van der Waals surface area contributed by atoms with Crippen LogP contribution in [0.5, 0.6) is 0 Å². The van der Waals surface area contributed by atoms with Gasteiger partial charge in [-0.3, -0.25) is 0 Å².